The molecule has 2 aromatic heterocycles. The van der Waals surface area contributed by atoms with Crippen molar-refractivity contribution in [1.29, 1.82) is 0 Å². The van der Waals surface area contributed by atoms with Crippen molar-refractivity contribution in [3.8, 4) is 11.3 Å². The SMILES string of the molecule is Cc1cc(-c2ccc(C(=O)N[C@@H](C)c3nnc(N)s3)cc2)nc(C)c1C. The molecule has 0 unspecified atom stereocenters. The Morgan fingerprint density at radius 2 is 1.85 bits per heavy atom. The maximum Gasteiger partial charge on any atom is 0.251 e. The second-order valence-corrected chi connectivity index (χ2v) is 7.33. The van der Waals surface area contributed by atoms with E-state index in [0.29, 0.717) is 15.7 Å². The summed E-state index contributed by atoms with van der Waals surface area (Å²) in [5.41, 5.74) is 11.5. The van der Waals surface area contributed by atoms with E-state index in [0.717, 1.165) is 17.0 Å². The highest BCUT2D eigenvalue weighted by molar-refractivity contribution is 7.15. The summed E-state index contributed by atoms with van der Waals surface area (Å²) in [7, 11) is 0. The third kappa shape index (κ3) is 3.72. The molecule has 0 spiro atoms. The number of amides is 1. The average Bonchev–Trinajstić information content (AvgIpc) is 3.06. The minimum absolute atomic E-state index is 0.165. The van der Waals surface area contributed by atoms with Gasteiger partial charge >= 0.3 is 0 Å². The lowest BCUT2D eigenvalue weighted by molar-refractivity contribution is 0.0939. The van der Waals surface area contributed by atoms with Crippen LogP contribution in [0, 0.1) is 20.8 Å². The zero-order valence-corrected chi connectivity index (χ0v) is 16.0. The summed E-state index contributed by atoms with van der Waals surface area (Å²) in [6.07, 6.45) is 0. The number of nitrogens with two attached hydrogens (primary N) is 1. The summed E-state index contributed by atoms with van der Waals surface area (Å²) in [6.45, 7) is 8.02. The van der Waals surface area contributed by atoms with Crippen molar-refractivity contribution in [3.63, 3.8) is 0 Å². The molecule has 2 heterocycles. The molecule has 0 saturated carbocycles. The van der Waals surface area contributed by atoms with Gasteiger partial charge in [-0.2, -0.15) is 0 Å². The van der Waals surface area contributed by atoms with E-state index < -0.39 is 0 Å². The van der Waals surface area contributed by atoms with E-state index in [2.05, 4.69) is 40.4 Å². The van der Waals surface area contributed by atoms with E-state index in [4.69, 9.17) is 5.73 Å². The van der Waals surface area contributed by atoms with Crippen molar-refractivity contribution in [2.45, 2.75) is 33.7 Å². The Morgan fingerprint density at radius 1 is 1.15 bits per heavy atom. The van der Waals surface area contributed by atoms with Gasteiger partial charge in [0.2, 0.25) is 5.13 Å². The van der Waals surface area contributed by atoms with Gasteiger partial charge in [0.05, 0.1) is 11.7 Å². The lowest BCUT2D eigenvalue weighted by atomic mass is 10.0. The molecule has 1 atom stereocenters. The molecule has 0 aliphatic heterocycles. The number of nitrogens with zero attached hydrogens (tertiary/aromatic N) is 3. The lowest BCUT2D eigenvalue weighted by Crippen LogP contribution is -2.26. The Morgan fingerprint density at radius 3 is 2.42 bits per heavy atom. The van der Waals surface area contributed by atoms with Crippen LogP contribution in [0.5, 0.6) is 0 Å². The zero-order valence-electron chi connectivity index (χ0n) is 15.2. The molecule has 0 aliphatic carbocycles. The van der Waals surface area contributed by atoms with Crippen LogP contribution >= 0.6 is 11.3 Å². The fraction of sp³-hybridized carbons (Fsp3) is 0.263. The van der Waals surface area contributed by atoms with Gasteiger partial charge in [-0.15, -0.1) is 10.2 Å². The predicted octanol–water partition coefficient (Wildman–Crippen LogP) is 3.60. The van der Waals surface area contributed by atoms with Crippen LogP contribution in [0.15, 0.2) is 30.3 Å². The molecular weight excluding hydrogens is 346 g/mol. The van der Waals surface area contributed by atoms with E-state index in [1.807, 2.05) is 26.0 Å². The molecule has 0 radical (unpaired) electrons. The highest BCUT2D eigenvalue weighted by Crippen LogP contribution is 2.23. The van der Waals surface area contributed by atoms with Crippen LogP contribution in [0.2, 0.25) is 0 Å². The number of carbonyl (C=O) groups excluding carboxylic acids is 1. The average molecular weight is 367 g/mol. The molecule has 26 heavy (non-hydrogen) atoms. The number of nitrogen functional groups attached to an aromatic ring is 1. The van der Waals surface area contributed by atoms with Crippen molar-refractivity contribution < 1.29 is 4.79 Å². The molecule has 3 N–H and O–H groups in total. The molecule has 1 amide bonds. The predicted molar refractivity (Wildman–Crippen MR) is 104 cm³/mol. The summed E-state index contributed by atoms with van der Waals surface area (Å²) < 4.78 is 0. The monoisotopic (exact) mass is 367 g/mol. The number of hydrogen-bond donors (Lipinski definition) is 2. The maximum absolute atomic E-state index is 12.4. The molecule has 7 heteroatoms. The second kappa shape index (κ2) is 7.21. The first-order valence-electron chi connectivity index (χ1n) is 8.30. The van der Waals surface area contributed by atoms with E-state index >= 15 is 0 Å². The topological polar surface area (TPSA) is 93.8 Å². The Labute approximate surface area is 156 Å². The van der Waals surface area contributed by atoms with Gasteiger partial charge in [-0.1, -0.05) is 23.5 Å². The molecule has 0 aliphatic rings. The van der Waals surface area contributed by atoms with E-state index in [1.165, 1.54) is 22.5 Å². The first-order valence-corrected chi connectivity index (χ1v) is 9.12. The molecule has 0 bridgehead atoms. The van der Waals surface area contributed by atoms with Gasteiger partial charge in [0.15, 0.2) is 0 Å². The number of hydrogen-bond acceptors (Lipinski definition) is 6. The lowest BCUT2D eigenvalue weighted by Gasteiger charge is -2.11. The molecule has 134 valence electrons. The van der Waals surface area contributed by atoms with Crippen molar-refractivity contribution >= 4 is 22.4 Å². The molecule has 3 rings (SSSR count). The molecular formula is C19H21N5OS. The Bertz CT molecular complexity index is 926. The van der Waals surface area contributed by atoms with Crippen LogP contribution in [0.3, 0.4) is 0 Å². The third-order valence-corrected chi connectivity index (χ3v) is 5.33. The van der Waals surface area contributed by atoms with Crippen molar-refractivity contribution in [1.82, 2.24) is 20.5 Å². The molecule has 6 nitrogen and oxygen atoms in total. The van der Waals surface area contributed by atoms with Gasteiger partial charge in [-0.25, -0.2) is 0 Å². The zero-order chi connectivity index (χ0) is 18.8. The highest BCUT2D eigenvalue weighted by atomic mass is 32.1. The van der Waals surface area contributed by atoms with Crippen LogP contribution in [-0.2, 0) is 0 Å². The van der Waals surface area contributed by atoms with Gasteiger partial charge in [0.25, 0.3) is 5.91 Å². The van der Waals surface area contributed by atoms with Crippen molar-refractivity contribution in [2.24, 2.45) is 0 Å². The highest BCUT2D eigenvalue weighted by Gasteiger charge is 2.15. The largest absolute Gasteiger partial charge is 0.374 e. The van der Waals surface area contributed by atoms with Crippen LogP contribution in [0.1, 0.15) is 45.2 Å². The third-order valence-electron chi connectivity index (χ3n) is 4.39. The van der Waals surface area contributed by atoms with E-state index in [-0.39, 0.29) is 11.9 Å². The van der Waals surface area contributed by atoms with Crippen LogP contribution < -0.4 is 11.1 Å². The van der Waals surface area contributed by atoms with Gasteiger partial charge in [-0.3, -0.25) is 9.78 Å². The van der Waals surface area contributed by atoms with Gasteiger partial charge in [-0.05, 0) is 57.0 Å². The first-order chi connectivity index (χ1) is 12.3. The van der Waals surface area contributed by atoms with Gasteiger partial charge < -0.3 is 11.1 Å². The summed E-state index contributed by atoms with van der Waals surface area (Å²) in [5.74, 6) is -0.165. The summed E-state index contributed by atoms with van der Waals surface area (Å²) in [4.78, 5) is 17.1. The van der Waals surface area contributed by atoms with E-state index in [1.54, 1.807) is 12.1 Å². The number of rotatable bonds is 4. The van der Waals surface area contributed by atoms with Gasteiger partial charge in [0, 0.05) is 16.8 Å². The Kier molecular flexibility index (Phi) is 4.99. The quantitative estimate of drug-likeness (QED) is 0.735. The fourth-order valence-corrected chi connectivity index (χ4v) is 3.21. The minimum Gasteiger partial charge on any atom is -0.374 e. The number of benzene rings is 1. The minimum atomic E-state index is -0.249. The number of anilines is 1. The molecule has 0 saturated heterocycles. The normalized spacial score (nSPS) is 12.0. The van der Waals surface area contributed by atoms with E-state index in [9.17, 15) is 4.79 Å². The maximum atomic E-state index is 12.4. The van der Waals surface area contributed by atoms with Crippen LogP contribution in [0.4, 0.5) is 5.13 Å². The second-order valence-electron chi connectivity index (χ2n) is 6.29. The Balaban J connectivity index is 1.76. The summed E-state index contributed by atoms with van der Waals surface area (Å²) in [5, 5.41) is 11.7. The molecule has 0 fully saturated rings. The summed E-state index contributed by atoms with van der Waals surface area (Å²) in [6, 6.07) is 9.26. The van der Waals surface area contributed by atoms with Crippen LogP contribution in [0.25, 0.3) is 11.3 Å². The number of pyridine rings is 1. The Hall–Kier alpha value is -2.80. The van der Waals surface area contributed by atoms with Crippen LogP contribution in [-0.4, -0.2) is 21.1 Å². The van der Waals surface area contributed by atoms with Crippen molar-refractivity contribution in [2.75, 3.05) is 5.73 Å². The molecule has 1 aromatic carbocycles. The first kappa shape index (κ1) is 18.0. The van der Waals surface area contributed by atoms with Crippen molar-refractivity contribution in [3.05, 3.63) is 57.7 Å². The molecule has 3 aromatic rings. The summed E-state index contributed by atoms with van der Waals surface area (Å²) >= 11 is 1.27. The van der Waals surface area contributed by atoms with Gasteiger partial charge in [0.1, 0.15) is 5.01 Å². The smallest absolute Gasteiger partial charge is 0.251 e. The number of aryl methyl sites for hydroxylation is 2. The number of aromatic nitrogens is 3. The standard InChI is InChI=1S/C19H21N5OS/c1-10-9-16(21-12(3)11(10)2)14-5-7-15(8-6-14)17(25)22-13(4)18-23-24-19(20)26-18/h5-9,13H,1-4H3,(H2,20,24)(H,22,25)/t13-/m0/s1. The fourth-order valence-electron chi connectivity index (χ4n) is 2.60. The number of carbonyl (C=O) groups is 1. The number of nitrogens with one attached hydrogen (secondary N) is 1.